The fraction of sp³-hybridized carbons (Fsp3) is 0.345. The van der Waals surface area contributed by atoms with Crippen molar-refractivity contribution in [3.05, 3.63) is 83.4 Å². The average Bonchev–Trinajstić information content (AvgIpc) is 2.83. The predicted molar refractivity (Wildman–Crippen MR) is 145 cm³/mol. The normalized spacial score (nSPS) is 16.3. The summed E-state index contributed by atoms with van der Waals surface area (Å²) in [6.45, 7) is 9.83. The predicted octanol–water partition coefficient (Wildman–Crippen LogP) is 5.32. The number of hydrogen-bond acceptors (Lipinski definition) is 5. The van der Waals surface area contributed by atoms with Crippen LogP contribution < -0.4 is 19.1 Å². The van der Waals surface area contributed by atoms with Crippen LogP contribution in [0, 0.1) is 13.8 Å². The molecule has 8 heteroatoms. The number of carbonyl (C=O) groups is 1. The van der Waals surface area contributed by atoms with Crippen molar-refractivity contribution in [3.63, 3.8) is 0 Å². The van der Waals surface area contributed by atoms with Crippen molar-refractivity contribution in [2.45, 2.75) is 57.6 Å². The summed E-state index contributed by atoms with van der Waals surface area (Å²) in [7, 11) is -4.01. The fourth-order valence-electron chi connectivity index (χ4n) is 4.50. The first-order valence-electron chi connectivity index (χ1n) is 12.4. The molecule has 0 aromatic heterocycles. The molecule has 3 aromatic rings. The third-order valence-electron chi connectivity index (χ3n) is 6.29. The molecule has 0 radical (unpaired) electrons. The van der Waals surface area contributed by atoms with E-state index in [1.165, 1.54) is 0 Å². The monoisotopic (exact) mass is 522 g/mol. The van der Waals surface area contributed by atoms with E-state index in [-0.39, 0.29) is 17.5 Å². The highest BCUT2D eigenvalue weighted by Crippen LogP contribution is 2.40. The maximum absolute atomic E-state index is 13.7. The van der Waals surface area contributed by atoms with Crippen molar-refractivity contribution in [3.8, 4) is 11.5 Å². The van der Waals surface area contributed by atoms with E-state index in [4.69, 9.17) is 9.47 Å². The lowest BCUT2D eigenvalue weighted by molar-refractivity contribution is -0.120. The van der Waals surface area contributed by atoms with E-state index in [1.807, 2.05) is 52.8 Å². The molecule has 1 aliphatic heterocycles. The van der Waals surface area contributed by atoms with Crippen LogP contribution in [-0.2, 0) is 14.8 Å². The molecule has 1 unspecified atom stereocenters. The van der Waals surface area contributed by atoms with Gasteiger partial charge in [-0.05, 0) is 77.1 Å². The summed E-state index contributed by atoms with van der Waals surface area (Å²) in [6, 6.07) is 18.9. The van der Waals surface area contributed by atoms with Gasteiger partial charge in [-0.2, -0.15) is 0 Å². The van der Waals surface area contributed by atoms with Crippen LogP contribution >= 0.6 is 0 Å². The van der Waals surface area contributed by atoms with Crippen molar-refractivity contribution in [1.29, 1.82) is 0 Å². The topological polar surface area (TPSA) is 84.9 Å². The molecule has 1 amide bonds. The van der Waals surface area contributed by atoms with Crippen LogP contribution in [0.1, 0.15) is 49.9 Å². The zero-order valence-corrected chi connectivity index (χ0v) is 22.8. The van der Waals surface area contributed by atoms with E-state index in [9.17, 15) is 13.2 Å². The quantitative estimate of drug-likeness (QED) is 0.433. The van der Waals surface area contributed by atoms with Crippen molar-refractivity contribution >= 4 is 21.6 Å². The number of nitrogens with one attached hydrogen (secondary N) is 1. The number of ether oxygens (including phenoxy) is 2. The highest BCUT2D eigenvalue weighted by atomic mass is 32.2. The number of anilines is 1. The van der Waals surface area contributed by atoms with Gasteiger partial charge in [0.1, 0.15) is 23.6 Å². The molecule has 0 saturated carbocycles. The minimum absolute atomic E-state index is 0.118. The number of amides is 1. The molecule has 1 heterocycles. The van der Waals surface area contributed by atoms with E-state index in [0.29, 0.717) is 24.5 Å². The summed E-state index contributed by atoms with van der Waals surface area (Å²) in [5.74, 6) is 0.947. The van der Waals surface area contributed by atoms with Gasteiger partial charge >= 0.3 is 0 Å². The van der Waals surface area contributed by atoms with Gasteiger partial charge < -0.3 is 14.8 Å². The van der Waals surface area contributed by atoms with Crippen LogP contribution in [-0.4, -0.2) is 33.1 Å². The molecule has 1 N–H and O–H groups in total. The molecule has 1 aliphatic rings. The van der Waals surface area contributed by atoms with Gasteiger partial charge in [0.15, 0.2) is 0 Å². The maximum Gasteiger partial charge on any atom is 0.264 e. The van der Waals surface area contributed by atoms with Crippen LogP contribution in [0.15, 0.2) is 71.6 Å². The van der Waals surface area contributed by atoms with Gasteiger partial charge in [-0.25, -0.2) is 8.42 Å². The SMILES string of the molecule is CCOc1ccc(N(CC(=O)NC2CC(C)(C)Oc3ccc(C)cc32)S(=O)(=O)c2ccc(C)cc2)cc1. The highest BCUT2D eigenvalue weighted by Gasteiger charge is 2.35. The molecule has 0 fully saturated rings. The Kier molecular flexibility index (Phi) is 7.50. The molecule has 0 bridgehead atoms. The largest absolute Gasteiger partial charge is 0.494 e. The average molecular weight is 523 g/mol. The molecule has 0 saturated heterocycles. The smallest absolute Gasteiger partial charge is 0.264 e. The van der Waals surface area contributed by atoms with E-state index in [0.717, 1.165) is 26.7 Å². The summed E-state index contributed by atoms with van der Waals surface area (Å²) in [6.07, 6.45) is 0.558. The minimum atomic E-state index is -4.01. The summed E-state index contributed by atoms with van der Waals surface area (Å²) < 4.78 is 40.2. The van der Waals surface area contributed by atoms with Crippen molar-refractivity contribution in [1.82, 2.24) is 5.32 Å². The lowest BCUT2D eigenvalue weighted by atomic mass is 9.89. The van der Waals surface area contributed by atoms with Gasteiger partial charge in [0.25, 0.3) is 10.0 Å². The second-order valence-electron chi connectivity index (χ2n) is 9.98. The van der Waals surface area contributed by atoms with E-state index in [2.05, 4.69) is 5.32 Å². The standard InChI is InChI=1S/C29H34N2O5S/c1-6-35-23-12-10-22(11-13-23)31(37(33,34)24-14-7-20(2)8-15-24)19-28(32)30-26-18-29(4,5)36-27-16-9-21(3)17-25(26)27/h7-17,26H,6,18-19H2,1-5H3,(H,30,32). The molecule has 196 valence electrons. The second kappa shape index (κ2) is 10.5. The fourth-order valence-corrected chi connectivity index (χ4v) is 5.92. The molecule has 1 atom stereocenters. The molecule has 37 heavy (non-hydrogen) atoms. The van der Waals surface area contributed by atoms with Crippen molar-refractivity contribution in [2.24, 2.45) is 0 Å². The molecule has 7 nitrogen and oxygen atoms in total. The van der Waals surface area contributed by atoms with Crippen LogP contribution in [0.2, 0.25) is 0 Å². The summed E-state index contributed by atoms with van der Waals surface area (Å²) in [4.78, 5) is 13.5. The van der Waals surface area contributed by atoms with Crippen molar-refractivity contribution in [2.75, 3.05) is 17.5 Å². The zero-order valence-electron chi connectivity index (χ0n) is 21.9. The van der Waals surface area contributed by atoms with Gasteiger partial charge in [0, 0.05) is 12.0 Å². The summed E-state index contributed by atoms with van der Waals surface area (Å²) in [5.41, 5.74) is 2.78. The Hall–Kier alpha value is -3.52. The Labute approximate surface area is 219 Å². The van der Waals surface area contributed by atoms with Gasteiger partial charge in [-0.15, -0.1) is 0 Å². The summed E-state index contributed by atoms with van der Waals surface area (Å²) >= 11 is 0. The second-order valence-corrected chi connectivity index (χ2v) is 11.8. The van der Waals surface area contributed by atoms with E-state index < -0.39 is 21.5 Å². The first-order valence-corrected chi connectivity index (χ1v) is 13.8. The number of benzene rings is 3. The number of nitrogens with zero attached hydrogens (tertiary/aromatic N) is 1. The number of hydrogen-bond donors (Lipinski definition) is 1. The Morgan fingerprint density at radius 3 is 2.32 bits per heavy atom. The summed E-state index contributed by atoms with van der Waals surface area (Å²) in [5, 5.41) is 3.07. The molecule has 0 aliphatic carbocycles. The van der Waals surface area contributed by atoms with Crippen molar-refractivity contribution < 1.29 is 22.7 Å². The van der Waals surface area contributed by atoms with Gasteiger partial charge in [0.2, 0.25) is 5.91 Å². The van der Waals surface area contributed by atoms with Crippen LogP contribution in [0.25, 0.3) is 0 Å². The Morgan fingerprint density at radius 1 is 1.03 bits per heavy atom. The van der Waals surface area contributed by atoms with E-state index in [1.54, 1.807) is 48.5 Å². The number of fused-ring (bicyclic) bond motifs is 1. The third-order valence-corrected chi connectivity index (χ3v) is 8.08. The molecular formula is C29H34N2O5S. The Bertz CT molecular complexity index is 1370. The lowest BCUT2D eigenvalue weighted by Crippen LogP contribution is -2.45. The number of carbonyl (C=O) groups excluding carboxylic acids is 1. The zero-order chi connectivity index (χ0) is 26.8. The van der Waals surface area contributed by atoms with E-state index >= 15 is 0 Å². The minimum Gasteiger partial charge on any atom is -0.494 e. The third kappa shape index (κ3) is 6.07. The van der Waals surface area contributed by atoms with Gasteiger partial charge in [-0.3, -0.25) is 9.10 Å². The Balaban J connectivity index is 1.65. The first-order chi connectivity index (χ1) is 17.5. The maximum atomic E-state index is 13.7. The first kappa shape index (κ1) is 26.5. The molecule has 0 spiro atoms. The van der Waals surface area contributed by atoms with Crippen LogP contribution in [0.5, 0.6) is 11.5 Å². The van der Waals surface area contributed by atoms with Crippen LogP contribution in [0.3, 0.4) is 0 Å². The number of sulfonamides is 1. The number of rotatable bonds is 8. The highest BCUT2D eigenvalue weighted by molar-refractivity contribution is 7.92. The number of aryl methyl sites for hydroxylation is 2. The molecular weight excluding hydrogens is 488 g/mol. The van der Waals surface area contributed by atoms with Gasteiger partial charge in [-0.1, -0.05) is 35.4 Å². The molecule has 4 rings (SSSR count). The van der Waals surface area contributed by atoms with Gasteiger partial charge in [0.05, 0.1) is 23.2 Å². The molecule has 3 aromatic carbocycles. The van der Waals surface area contributed by atoms with Crippen LogP contribution in [0.4, 0.5) is 5.69 Å². The Morgan fingerprint density at radius 2 is 1.68 bits per heavy atom. The lowest BCUT2D eigenvalue weighted by Gasteiger charge is -2.38.